The second-order valence-electron chi connectivity index (χ2n) is 10.2. The number of halogens is 1. The summed E-state index contributed by atoms with van der Waals surface area (Å²) in [7, 11) is 0. The average molecular weight is 602 g/mol. The van der Waals surface area contributed by atoms with Crippen LogP contribution in [0.15, 0.2) is 67.3 Å². The smallest absolute Gasteiger partial charge is 0.254 e. The van der Waals surface area contributed by atoms with Gasteiger partial charge in [-0.25, -0.2) is 5.01 Å². The molecule has 3 aliphatic rings. The molecule has 1 aromatic carbocycles. The normalized spacial score (nSPS) is 24.4. The van der Waals surface area contributed by atoms with E-state index in [1.54, 1.807) is 0 Å². The SMILES string of the molecule is NN=NC1=C(Cl)NC(C(=O)NC2NC3(CCN(C(=O)c4cccc5c4ccn5CCN=O)CC3)CN2N)C(N=NN)N1. The van der Waals surface area contributed by atoms with Crippen molar-refractivity contribution in [3.8, 4) is 0 Å². The third kappa shape index (κ3) is 5.69. The number of aromatic nitrogens is 1. The van der Waals surface area contributed by atoms with Gasteiger partial charge in [-0.2, -0.15) is 4.91 Å². The van der Waals surface area contributed by atoms with E-state index in [1.807, 2.05) is 39.9 Å². The Morgan fingerprint density at radius 3 is 2.64 bits per heavy atom. The zero-order chi connectivity index (χ0) is 29.9. The van der Waals surface area contributed by atoms with E-state index >= 15 is 0 Å². The molecule has 1 aromatic heterocycles. The topological polar surface area (TPSA) is 251 Å². The monoisotopic (exact) mass is 601 g/mol. The van der Waals surface area contributed by atoms with Gasteiger partial charge in [-0.3, -0.25) is 20.7 Å². The Labute approximate surface area is 244 Å². The second kappa shape index (κ2) is 12.2. The number of amides is 2. The summed E-state index contributed by atoms with van der Waals surface area (Å²) >= 11 is 6.18. The first-order valence-electron chi connectivity index (χ1n) is 13.2. The summed E-state index contributed by atoms with van der Waals surface area (Å²) in [6.07, 6.45) is 1.46. The van der Waals surface area contributed by atoms with Crippen molar-refractivity contribution >= 4 is 34.3 Å². The first kappa shape index (κ1) is 29.1. The number of carbonyl (C=O) groups is 2. The number of nitrogens with two attached hydrogens (primary N) is 3. The number of fused-ring (bicyclic) bond motifs is 1. The Kier molecular flexibility index (Phi) is 8.48. The van der Waals surface area contributed by atoms with Gasteiger partial charge >= 0.3 is 0 Å². The number of nitroso groups, excluding NO2 is 1. The lowest BCUT2D eigenvalue weighted by Gasteiger charge is -2.39. The molecule has 42 heavy (non-hydrogen) atoms. The van der Waals surface area contributed by atoms with Crippen LogP contribution in [0.4, 0.5) is 0 Å². The molecule has 2 amide bonds. The third-order valence-corrected chi connectivity index (χ3v) is 8.03. The fraction of sp³-hybridized carbons (Fsp3) is 0.478. The van der Waals surface area contributed by atoms with Crippen LogP contribution in [0.3, 0.4) is 0 Å². The molecule has 0 aliphatic carbocycles. The second-order valence-corrected chi connectivity index (χ2v) is 10.6. The molecule has 5 rings (SSSR count). The Bertz CT molecular complexity index is 1430. The Morgan fingerprint density at radius 2 is 1.93 bits per heavy atom. The maximum atomic E-state index is 13.5. The minimum atomic E-state index is -1.000. The molecule has 0 saturated carbocycles. The summed E-state index contributed by atoms with van der Waals surface area (Å²) in [6.45, 7) is 2.06. The lowest BCUT2D eigenvalue weighted by atomic mass is 9.88. The lowest BCUT2D eigenvalue weighted by Crippen LogP contribution is -2.63. The zero-order valence-corrected chi connectivity index (χ0v) is 23.2. The fourth-order valence-corrected chi connectivity index (χ4v) is 5.85. The van der Waals surface area contributed by atoms with Crippen LogP contribution in [0.5, 0.6) is 0 Å². The fourth-order valence-electron chi connectivity index (χ4n) is 5.64. The van der Waals surface area contributed by atoms with Crippen LogP contribution in [-0.4, -0.2) is 76.5 Å². The first-order valence-corrected chi connectivity index (χ1v) is 13.6. The molecule has 18 nitrogen and oxygen atoms in total. The Balaban J connectivity index is 1.22. The summed E-state index contributed by atoms with van der Waals surface area (Å²) in [5, 5.41) is 31.1. The van der Waals surface area contributed by atoms with Gasteiger partial charge in [0.1, 0.15) is 17.5 Å². The maximum absolute atomic E-state index is 13.5. The van der Waals surface area contributed by atoms with Crippen molar-refractivity contribution in [2.45, 2.75) is 43.4 Å². The molecule has 0 bridgehead atoms. The van der Waals surface area contributed by atoms with E-state index in [0.717, 1.165) is 10.9 Å². The summed E-state index contributed by atoms with van der Waals surface area (Å²) < 4.78 is 1.92. The number of nitrogens with one attached hydrogen (secondary N) is 4. The lowest BCUT2D eigenvalue weighted by molar-refractivity contribution is -0.125. The Morgan fingerprint density at radius 1 is 1.14 bits per heavy atom. The highest BCUT2D eigenvalue weighted by Crippen LogP contribution is 2.30. The van der Waals surface area contributed by atoms with Gasteiger partial charge in [0, 0.05) is 54.4 Å². The highest BCUT2D eigenvalue weighted by Gasteiger charge is 2.46. The van der Waals surface area contributed by atoms with Crippen molar-refractivity contribution in [2.24, 2.45) is 43.4 Å². The van der Waals surface area contributed by atoms with E-state index < -0.39 is 29.9 Å². The number of carbonyl (C=O) groups excluding carboxylic acids is 2. The van der Waals surface area contributed by atoms with E-state index in [9.17, 15) is 14.5 Å². The summed E-state index contributed by atoms with van der Waals surface area (Å²) in [6, 6.07) is 6.46. The van der Waals surface area contributed by atoms with Gasteiger partial charge in [0.15, 0.2) is 12.0 Å². The summed E-state index contributed by atoms with van der Waals surface area (Å²) in [5.41, 5.74) is 1.07. The average Bonchev–Trinajstić information content (AvgIpc) is 3.53. The highest BCUT2D eigenvalue weighted by molar-refractivity contribution is 6.29. The number of rotatable bonds is 8. The number of nitrogens with zero attached hydrogens (tertiary/aromatic N) is 8. The van der Waals surface area contributed by atoms with Crippen LogP contribution in [-0.2, 0) is 11.3 Å². The molecule has 0 radical (unpaired) electrons. The van der Waals surface area contributed by atoms with E-state index in [2.05, 4.69) is 47.1 Å². The van der Waals surface area contributed by atoms with Gasteiger partial charge in [0.2, 0.25) is 5.91 Å². The van der Waals surface area contributed by atoms with Crippen LogP contribution in [0.25, 0.3) is 10.9 Å². The third-order valence-electron chi connectivity index (χ3n) is 7.74. The molecule has 10 N–H and O–H groups in total. The van der Waals surface area contributed by atoms with Crippen molar-refractivity contribution < 1.29 is 9.59 Å². The largest absolute Gasteiger partial charge is 0.358 e. The molecule has 3 aliphatic heterocycles. The summed E-state index contributed by atoms with van der Waals surface area (Å²) in [5.74, 6) is 16.1. The molecule has 19 heteroatoms. The van der Waals surface area contributed by atoms with Crippen molar-refractivity contribution in [3.05, 3.63) is 51.9 Å². The highest BCUT2D eigenvalue weighted by atomic mass is 35.5. The number of hydrogen-bond donors (Lipinski definition) is 7. The van der Waals surface area contributed by atoms with Crippen molar-refractivity contribution in [2.75, 3.05) is 26.2 Å². The zero-order valence-electron chi connectivity index (χ0n) is 22.5. The van der Waals surface area contributed by atoms with Crippen LogP contribution >= 0.6 is 11.6 Å². The van der Waals surface area contributed by atoms with Gasteiger partial charge in [-0.1, -0.05) is 33.3 Å². The minimum Gasteiger partial charge on any atom is -0.358 e. The van der Waals surface area contributed by atoms with Gasteiger partial charge < -0.3 is 37.1 Å². The van der Waals surface area contributed by atoms with Gasteiger partial charge in [0.25, 0.3) is 5.91 Å². The van der Waals surface area contributed by atoms with Crippen LogP contribution in [0.1, 0.15) is 23.2 Å². The van der Waals surface area contributed by atoms with Gasteiger partial charge in [0.05, 0.1) is 6.54 Å². The van der Waals surface area contributed by atoms with Crippen LogP contribution < -0.4 is 38.8 Å². The number of hydrazine groups is 1. The molecule has 3 atom stereocenters. The minimum absolute atomic E-state index is 0.00977. The quantitative estimate of drug-likeness (QED) is 0.0669. The molecule has 4 heterocycles. The molecular formula is C23H32ClN15O3. The van der Waals surface area contributed by atoms with Crippen molar-refractivity contribution in [1.29, 1.82) is 0 Å². The number of piperidine rings is 1. The number of hydrogen-bond acceptors (Lipinski definition) is 13. The first-order chi connectivity index (χ1) is 20.3. The van der Waals surface area contributed by atoms with Crippen molar-refractivity contribution in [3.63, 3.8) is 0 Å². The van der Waals surface area contributed by atoms with Crippen molar-refractivity contribution in [1.82, 2.24) is 35.7 Å². The predicted molar refractivity (Wildman–Crippen MR) is 151 cm³/mol. The molecule has 224 valence electrons. The van der Waals surface area contributed by atoms with E-state index in [0.29, 0.717) is 44.6 Å². The van der Waals surface area contributed by atoms with E-state index in [1.165, 1.54) is 5.01 Å². The summed E-state index contributed by atoms with van der Waals surface area (Å²) in [4.78, 5) is 39.1. The number of benzene rings is 1. The van der Waals surface area contributed by atoms with Crippen LogP contribution in [0.2, 0.25) is 0 Å². The predicted octanol–water partition coefficient (Wildman–Crippen LogP) is -0.534. The molecule has 2 saturated heterocycles. The molecule has 1 spiro atoms. The number of likely N-dealkylation sites (tertiary alicyclic amines) is 1. The van der Waals surface area contributed by atoms with Gasteiger partial charge in [-0.15, -0.1) is 10.2 Å². The van der Waals surface area contributed by atoms with E-state index in [4.69, 9.17) is 29.1 Å². The molecule has 2 aromatic rings. The molecular weight excluding hydrogens is 570 g/mol. The molecule has 3 unspecified atom stereocenters. The van der Waals surface area contributed by atoms with Gasteiger partial charge in [-0.05, 0) is 31.0 Å². The molecule has 2 fully saturated rings. The Hall–Kier alpha value is -4.39. The maximum Gasteiger partial charge on any atom is 0.254 e. The standard InChI is InChI=1S/C23H32ClN15O3/c24-17-19(34-36-26)30-18(33-35-25)16(29-17)20(40)31-22-32-23(12-39(22)27)5-9-38(10-6-23)21(41)14-2-1-3-15-13(14)4-8-37(15)11-7-28-42/h1-4,8,16,18,22,29-30,32H,5-7,9-12,27H2,(H2,25,33)(H2,26,34)(H,31,40). The van der Waals surface area contributed by atoms with E-state index in [-0.39, 0.29) is 23.4 Å². The van der Waals surface area contributed by atoms with Crippen LogP contribution in [0, 0.1) is 4.91 Å².